The zero-order valence-corrected chi connectivity index (χ0v) is 11.8. The van der Waals surface area contributed by atoms with Crippen LogP contribution >= 0.6 is 0 Å². The third-order valence-corrected chi connectivity index (χ3v) is 4.60. The Bertz CT molecular complexity index is 302. The molecule has 3 heteroatoms. The number of hydrogen-bond acceptors (Lipinski definition) is 3. The monoisotopic (exact) mass is 250 g/mol. The molecule has 2 fully saturated rings. The van der Waals surface area contributed by atoms with E-state index in [1.54, 1.807) is 0 Å². The van der Waals surface area contributed by atoms with Gasteiger partial charge in [0.15, 0.2) is 0 Å². The van der Waals surface area contributed by atoms with Gasteiger partial charge < -0.3 is 4.74 Å². The van der Waals surface area contributed by atoms with Crippen LogP contribution in [0.1, 0.15) is 58.8 Å². The molecular weight excluding hydrogens is 224 g/mol. The van der Waals surface area contributed by atoms with Gasteiger partial charge in [-0.3, -0.25) is 4.90 Å². The standard InChI is InChI=1S/C15H26N2O/c1-13(2)17(10-5-9-16)14-6-11-18-15(12-14)7-3-4-8-15/h13-14H,3-8,10-12H2,1-2H3. The quantitative estimate of drug-likeness (QED) is 0.769. The van der Waals surface area contributed by atoms with E-state index in [1.807, 2.05) is 0 Å². The van der Waals surface area contributed by atoms with Crippen LogP contribution in [-0.4, -0.2) is 35.7 Å². The molecule has 0 radical (unpaired) electrons. The summed E-state index contributed by atoms with van der Waals surface area (Å²) in [4.78, 5) is 2.52. The summed E-state index contributed by atoms with van der Waals surface area (Å²) in [6, 6.07) is 3.42. The summed E-state index contributed by atoms with van der Waals surface area (Å²) in [5.41, 5.74) is 0.183. The smallest absolute Gasteiger partial charge is 0.0697 e. The molecule has 2 rings (SSSR count). The van der Waals surface area contributed by atoms with E-state index in [4.69, 9.17) is 10.00 Å². The summed E-state index contributed by atoms with van der Waals surface area (Å²) in [6.07, 6.45) is 8.09. The maximum absolute atomic E-state index is 8.80. The second kappa shape index (κ2) is 6.04. The highest BCUT2D eigenvalue weighted by atomic mass is 16.5. The number of hydrogen-bond donors (Lipinski definition) is 0. The van der Waals surface area contributed by atoms with Crippen molar-refractivity contribution in [1.29, 1.82) is 5.26 Å². The fourth-order valence-corrected chi connectivity index (χ4v) is 3.69. The Labute approximate surface area is 111 Å². The van der Waals surface area contributed by atoms with Gasteiger partial charge in [-0.2, -0.15) is 5.26 Å². The second-order valence-electron chi connectivity index (χ2n) is 6.12. The van der Waals surface area contributed by atoms with Crippen LogP contribution in [0, 0.1) is 11.3 Å². The number of ether oxygens (including phenoxy) is 1. The normalized spacial score (nSPS) is 26.9. The van der Waals surface area contributed by atoms with Crippen LogP contribution < -0.4 is 0 Å². The van der Waals surface area contributed by atoms with Crippen molar-refractivity contribution in [2.75, 3.05) is 13.2 Å². The lowest BCUT2D eigenvalue weighted by molar-refractivity contribution is -0.105. The second-order valence-corrected chi connectivity index (χ2v) is 6.12. The minimum absolute atomic E-state index is 0.183. The summed E-state index contributed by atoms with van der Waals surface area (Å²) in [6.45, 7) is 6.30. The van der Waals surface area contributed by atoms with Gasteiger partial charge >= 0.3 is 0 Å². The van der Waals surface area contributed by atoms with Crippen LogP contribution in [0.25, 0.3) is 0 Å². The van der Waals surface area contributed by atoms with Gasteiger partial charge in [0, 0.05) is 31.7 Å². The van der Waals surface area contributed by atoms with Gasteiger partial charge in [-0.15, -0.1) is 0 Å². The van der Waals surface area contributed by atoms with Crippen molar-refractivity contribution < 1.29 is 4.74 Å². The van der Waals surface area contributed by atoms with Crippen molar-refractivity contribution in [3.05, 3.63) is 0 Å². The van der Waals surface area contributed by atoms with Gasteiger partial charge in [-0.1, -0.05) is 12.8 Å². The van der Waals surface area contributed by atoms with E-state index in [2.05, 4.69) is 24.8 Å². The Hall–Kier alpha value is -0.590. The molecule has 1 atom stereocenters. The van der Waals surface area contributed by atoms with Gasteiger partial charge in [0.2, 0.25) is 0 Å². The summed E-state index contributed by atoms with van der Waals surface area (Å²) < 4.78 is 6.10. The maximum atomic E-state index is 8.80. The van der Waals surface area contributed by atoms with Gasteiger partial charge in [-0.25, -0.2) is 0 Å². The molecular formula is C15H26N2O. The van der Waals surface area contributed by atoms with Crippen LogP contribution in [0.15, 0.2) is 0 Å². The van der Waals surface area contributed by atoms with Gasteiger partial charge in [0.1, 0.15) is 0 Å². The molecule has 0 aromatic rings. The highest BCUT2D eigenvalue weighted by molar-refractivity contribution is 4.95. The van der Waals surface area contributed by atoms with Crippen molar-refractivity contribution in [1.82, 2.24) is 4.90 Å². The highest BCUT2D eigenvalue weighted by Gasteiger charge is 2.41. The molecule has 0 N–H and O–H groups in total. The summed E-state index contributed by atoms with van der Waals surface area (Å²) in [5.74, 6) is 0. The molecule has 1 aliphatic carbocycles. The van der Waals surface area contributed by atoms with Crippen LogP contribution in [0.5, 0.6) is 0 Å². The van der Waals surface area contributed by atoms with E-state index < -0.39 is 0 Å². The zero-order chi connectivity index (χ0) is 13.0. The Kier molecular flexibility index (Phi) is 4.64. The lowest BCUT2D eigenvalue weighted by atomic mass is 9.87. The first kappa shape index (κ1) is 13.8. The van der Waals surface area contributed by atoms with E-state index in [1.165, 1.54) is 32.1 Å². The van der Waals surface area contributed by atoms with Crippen molar-refractivity contribution in [2.45, 2.75) is 76.5 Å². The third-order valence-electron chi connectivity index (χ3n) is 4.60. The van der Waals surface area contributed by atoms with Gasteiger partial charge in [-0.05, 0) is 39.5 Å². The van der Waals surface area contributed by atoms with Gasteiger partial charge in [0.25, 0.3) is 0 Å². The molecule has 0 amide bonds. The molecule has 3 nitrogen and oxygen atoms in total. The Morgan fingerprint density at radius 1 is 1.39 bits per heavy atom. The van der Waals surface area contributed by atoms with Crippen LogP contribution in [0.3, 0.4) is 0 Å². The van der Waals surface area contributed by atoms with E-state index in [9.17, 15) is 0 Å². The zero-order valence-electron chi connectivity index (χ0n) is 11.8. The fraction of sp³-hybridized carbons (Fsp3) is 0.933. The predicted octanol–water partition coefficient (Wildman–Crippen LogP) is 3.10. The molecule has 1 saturated heterocycles. The van der Waals surface area contributed by atoms with E-state index in [-0.39, 0.29) is 5.60 Å². The molecule has 1 saturated carbocycles. The molecule has 18 heavy (non-hydrogen) atoms. The van der Waals surface area contributed by atoms with E-state index >= 15 is 0 Å². The molecule has 102 valence electrons. The molecule has 2 aliphatic rings. The van der Waals surface area contributed by atoms with Crippen molar-refractivity contribution in [3.8, 4) is 6.07 Å². The first-order valence-electron chi connectivity index (χ1n) is 7.43. The highest BCUT2D eigenvalue weighted by Crippen LogP contribution is 2.41. The molecule has 1 aliphatic heterocycles. The van der Waals surface area contributed by atoms with Crippen molar-refractivity contribution >= 4 is 0 Å². The number of nitriles is 1. The van der Waals surface area contributed by atoms with Crippen molar-refractivity contribution in [3.63, 3.8) is 0 Å². The summed E-state index contributed by atoms with van der Waals surface area (Å²) in [7, 11) is 0. The molecule has 0 bridgehead atoms. The Morgan fingerprint density at radius 2 is 2.11 bits per heavy atom. The largest absolute Gasteiger partial charge is 0.375 e. The van der Waals surface area contributed by atoms with E-state index in [0.29, 0.717) is 18.5 Å². The molecule has 0 aromatic carbocycles. The molecule has 1 heterocycles. The Morgan fingerprint density at radius 3 is 2.72 bits per heavy atom. The predicted molar refractivity (Wildman–Crippen MR) is 72.2 cm³/mol. The molecule has 0 aromatic heterocycles. The molecule has 1 spiro atoms. The van der Waals surface area contributed by atoms with E-state index in [0.717, 1.165) is 19.6 Å². The lowest BCUT2D eigenvalue weighted by Gasteiger charge is -2.44. The minimum atomic E-state index is 0.183. The fourth-order valence-electron chi connectivity index (χ4n) is 3.69. The Balaban J connectivity index is 1.99. The maximum Gasteiger partial charge on any atom is 0.0697 e. The van der Waals surface area contributed by atoms with Crippen molar-refractivity contribution in [2.24, 2.45) is 0 Å². The summed E-state index contributed by atoms with van der Waals surface area (Å²) >= 11 is 0. The number of nitrogens with zero attached hydrogens (tertiary/aromatic N) is 2. The van der Waals surface area contributed by atoms with Crippen LogP contribution in [-0.2, 0) is 4.74 Å². The number of rotatable bonds is 4. The van der Waals surface area contributed by atoms with Crippen LogP contribution in [0.4, 0.5) is 0 Å². The average Bonchev–Trinajstić information content (AvgIpc) is 2.77. The lowest BCUT2D eigenvalue weighted by Crippen LogP contribution is -2.50. The first-order valence-corrected chi connectivity index (χ1v) is 7.43. The molecule has 1 unspecified atom stereocenters. The van der Waals surface area contributed by atoms with Gasteiger partial charge in [0.05, 0.1) is 11.7 Å². The van der Waals surface area contributed by atoms with Crippen LogP contribution in [0.2, 0.25) is 0 Å². The third kappa shape index (κ3) is 3.05. The average molecular weight is 250 g/mol. The topological polar surface area (TPSA) is 36.3 Å². The summed E-state index contributed by atoms with van der Waals surface area (Å²) in [5, 5.41) is 8.80. The minimum Gasteiger partial charge on any atom is -0.375 e. The SMILES string of the molecule is CC(C)N(CCC#N)C1CCOC2(CCCC2)C1. The first-order chi connectivity index (χ1) is 8.67.